The zero-order chi connectivity index (χ0) is 13.9. The van der Waals surface area contributed by atoms with Gasteiger partial charge >= 0.3 is 0 Å². The summed E-state index contributed by atoms with van der Waals surface area (Å²) in [5, 5.41) is 8.83. The van der Waals surface area contributed by atoms with Gasteiger partial charge < -0.3 is 0 Å². The molecule has 0 saturated heterocycles. The maximum absolute atomic E-state index is 8.83. The molecule has 0 N–H and O–H groups in total. The van der Waals surface area contributed by atoms with Gasteiger partial charge in [0.2, 0.25) is 0 Å². The Morgan fingerprint density at radius 3 is 2.65 bits per heavy atom. The second kappa shape index (κ2) is 5.48. The normalized spacial score (nSPS) is 16.9. The molecule has 1 aliphatic rings. The molecule has 1 atom stereocenters. The van der Waals surface area contributed by atoms with Crippen LogP contribution in [-0.2, 0) is 13.0 Å². The van der Waals surface area contributed by atoms with E-state index in [0.717, 1.165) is 12.1 Å². The van der Waals surface area contributed by atoms with Crippen molar-refractivity contribution in [1.82, 2.24) is 4.90 Å². The highest BCUT2D eigenvalue weighted by Gasteiger charge is 2.25. The van der Waals surface area contributed by atoms with Crippen LogP contribution in [0.1, 0.15) is 34.7 Å². The third-order valence-corrected chi connectivity index (χ3v) is 4.15. The first-order chi connectivity index (χ1) is 9.78. The monoisotopic (exact) mass is 262 g/mol. The van der Waals surface area contributed by atoms with Crippen LogP contribution in [-0.4, -0.2) is 11.9 Å². The molecule has 0 saturated carbocycles. The summed E-state index contributed by atoms with van der Waals surface area (Å²) in [6, 6.07) is 19.3. The SMILES string of the molecule is CN(Cc1ccc(C#N)cc1)C1CCc2ccccc21. The van der Waals surface area contributed by atoms with Crippen LogP contribution in [0.25, 0.3) is 0 Å². The van der Waals surface area contributed by atoms with Gasteiger partial charge in [-0.25, -0.2) is 0 Å². The van der Waals surface area contributed by atoms with Crippen LogP contribution in [0, 0.1) is 11.3 Å². The van der Waals surface area contributed by atoms with Crippen molar-refractivity contribution < 1.29 is 0 Å². The lowest BCUT2D eigenvalue weighted by Crippen LogP contribution is -2.22. The molecule has 0 amide bonds. The molecule has 0 fully saturated rings. The third kappa shape index (κ3) is 2.45. The van der Waals surface area contributed by atoms with Crippen LogP contribution in [0.4, 0.5) is 0 Å². The van der Waals surface area contributed by atoms with Gasteiger partial charge in [0.15, 0.2) is 0 Å². The van der Waals surface area contributed by atoms with E-state index < -0.39 is 0 Å². The van der Waals surface area contributed by atoms with Gasteiger partial charge in [-0.2, -0.15) is 5.26 Å². The quantitative estimate of drug-likeness (QED) is 0.843. The molecular weight excluding hydrogens is 244 g/mol. The lowest BCUT2D eigenvalue weighted by atomic mass is 10.1. The van der Waals surface area contributed by atoms with Gasteiger partial charge in [0, 0.05) is 12.6 Å². The fourth-order valence-electron chi connectivity index (χ4n) is 3.08. The van der Waals surface area contributed by atoms with Crippen molar-refractivity contribution in [2.75, 3.05) is 7.05 Å². The summed E-state index contributed by atoms with van der Waals surface area (Å²) in [7, 11) is 2.19. The van der Waals surface area contributed by atoms with Gasteiger partial charge in [-0.3, -0.25) is 4.90 Å². The molecule has 20 heavy (non-hydrogen) atoms. The Morgan fingerprint density at radius 1 is 1.15 bits per heavy atom. The van der Waals surface area contributed by atoms with Gasteiger partial charge in [-0.15, -0.1) is 0 Å². The van der Waals surface area contributed by atoms with Crippen molar-refractivity contribution in [2.24, 2.45) is 0 Å². The Kier molecular flexibility index (Phi) is 3.54. The summed E-state index contributed by atoms with van der Waals surface area (Å²) in [6.45, 7) is 0.921. The second-order valence-electron chi connectivity index (χ2n) is 5.48. The summed E-state index contributed by atoms with van der Waals surface area (Å²) in [5.74, 6) is 0. The first-order valence-electron chi connectivity index (χ1n) is 7.05. The third-order valence-electron chi connectivity index (χ3n) is 4.15. The van der Waals surface area contributed by atoms with Crippen LogP contribution < -0.4 is 0 Å². The highest BCUT2D eigenvalue weighted by molar-refractivity contribution is 5.35. The van der Waals surface area contributed by atoms with E-state index in [2.05, 4.69) is 54.4 Å². The van der Waals surface area contributed by atoms with E-state index in [4.69, 9.17) is 5.26 Å². The van der Waals surface area contributed by atoms with E-state index in [1.54, 1.807) is 0 Å². The Bertz CT molecular complexity index is 637. The first-order valence-corrected chi connectivity index (χ1v) is 7.05. The lowest BCUT2D eigenvalue weighted by molar-refractivity contribution is 0.236. The van der Waals surface area contributed by atoms with Crippen LogP contribution in [0.5, 0.6) is 0 Å². The molecule has 2 aromatic carbocycles. The van der Waals surface area contributed by atoms with E-state index in [1.807, 2.05) is 12.1 Å². The highest BCUT2D eigenvalue weighted by Crippen LogP contribution is 2.35. The van der Waals surface area contributed by atoms with Gasteiger partial charge in [0.1, 0.15) is 0 Å². The standard InChI is InChI=1S/C18H18N2/c1-20(13-15-8-6-14(12-19)7-9-15)18-11-10-16-4-2-3-5-17(16)18/h2-9,18H,10-11,13H2,1H3. The second-order valence-corrected chi connectivity index (χ2v) is 5.48. The van der Waals surface area contributed by atoms with Crippen molar-refractivity contribution in [1.29, 1.82) is 5.26 Å². The molecule has 0 radical (unpaired) electrons. The number of nitrogens with zero attached hydrogens (tertiary/aromatic N) is 2. The molecule has 2 heteroatoms. The Labute approximate surface area is 120 Å². The van der Waals surface area contributed by atoms with E-state index in [-0.39, 0.29) is 0 Å². The summed E-state index contributed by atoms with van der Waals surface area (Å²) in [6.07, 6.45) is 2.38. The molecule has 1 aliphatic carbocycles. The molecule has 0 spiro atoms. The Balaban J connectivity index is 1.74. The number of aryl methyl sites for hydroxylation is 1. The average Bonchev–Trinajstić information content (AvgIpc) is 2.92. The summed E-state index contributed by atoms with van der Waals surface area (Å²) >= 11 is 0. The number of hydrogen-bond donors (Lipinski definition) is 0. The van der Waals surface area contributed by atoms with Crippen molar-refractivity contribution >= 4 is 0 Å². The number of nitriles is 1. The maximum Gasteiger partial charge on any atom is 0.0991 e. The van der Waals surface area contributed by atoms with E-state index in [0.29, 0.717) is 6.04 Å². The predicted octanol–water partition coefficient (Wildman–Crippen LogP) is 3.68. The van der Waals surface area contributed by atoms with Crippen molar-refractivity contribution in [3.63, 3.8) is 0 Å². The predicted molar refractivity (Wildman–Crippen MR) is 80.1 cm³/mol. The first kappa shape index (κ1) is 12.9. The van der Waals surface area contributed by atoms with Crippen LogP contribution >= 0.6 is 0 Å². The molecule has 1 unspecified atom stereocenters. The molecule has 2 nitrogen and oxygen atoms in total. The minimum atomic E-state index is 0.516. The Morgan fingerprint density at radius 2 is 1.90 bits per heavy atom. The molecule has 2 aromatic rings. The van der Waals surface area contributed by atoms with Crippen molar-refractivity contribution in [2.45, 2.75) is 25.4 Å². The van der Waals surface area contributed by atoms with E-state index in [1.165, 1.54) is 29.5 Å². The van der Waals surface area contributed by atoms with Crippen LogP contribution in [0.2, 0.25) is 0 Å². The zero-order valence-electron chi connectivity index (χ0n) is 11.7. The minimum absolute atomic E-state index is 0.516. The van der Waals surface area contributed by atoms with Gasteiger partial charge in [-0.1, -0.05) is 36.4 Å². The summed E-state index contributed by atoms with van der Waals surface area (Å²) < 4.78 is 0. The smallest absolute Gasteiger partial charge is 0.0991 e. The number of hydrogen-bond acceptors (Lipinski definition) is 2. The lowest BCUT2D eigenvalue weighted by Gasteiger charge is -2.25. The van der Waals surface area contributed by atoms with Gasteiger partial charge in [0.05, 0.1) is 11.6 Å². The van der Waals surface area contributed by atoms with Gasteiger partial charge in [0.25, 0.3) is 0 Å². The largest absolute Gasteiger partial charge is 0.295 e. The van der Waals surface area contributed by atoms with Crippen LogP contribution in [0.15, 0.2) is 48.5 Å². The molecule has 0 aromatic heterocycles. The molecule has 0 heterocycles. The van der Waals surface area contributed by atoms with E-state index >= 15 is 0 Å². The maximum atomic E-state index is 8.83. The fraction of sp³-hybridized carbons (Fsp3) is 0.278. The summed E-state index contributed by atoms with van der Waals surface area (Å²) in [4.78, 5) is 2.41. The topological polar surface area (TPSA) is 27.0 Å². The molecule has 100 valence electrons. The molecule has 0 aliphatic heterocycles. The summed E-state index contributed by atoms with van der Waals surface area (Å²) in [5.41, 5.74) is 4.95. The number of rotatable bonds is 3. The van der Waals surface area contributed by atoms with Gasteiger partial charge in [-0.05, 0) is 48.7 Å². The number of fused-ring (bicyclic) bond motifs is 1. The molecular formula is C18H18N2. The molecule has 0 bridgehead atoms. The minimum Gasteiger partial charge on any atom is -0.295 e. The van der Waals surface area contributed by atoms with E-state index in [9.17, 15) is 0 Å². The fourth-order valence-corrected chi connectivity index (χ4v) is 3.08. The average molecular weight is 262 g/mol. The zero-order valence-corrected chi connectivity index (χ0v) is 11.7. The van der Waals surface area contributed by atoms with Crippen molar-refractivity contribution in [3.05, 3.63) is 70.8 Å². The van der Waals surface area contributed by atoms with Crippen LogP contribution in [0.3, 0.4) is 0 Å². The van der Waals surface area contributed by atoms with Crippen molar-refractivity contribution in [3.8, 4) is 6.07 Å². The molecule has 3 rings (SSSR count). The number of benzene rings is 2. The Hall–Kier alpha value is -2.11. The highest BCUT2D eigenvalue weighted by atomic mass is 15.1.